The van der Waals surface area contributed by atoms with Crippen LogP contribution < -0.4 is 10.1 Å². The third kappa shape index (κ3) is 5.22. The maximum absolute atomic E-state index is 11.3. The molecule has 0 fully saturated rings. The van der Waals surface area contributed by atoms with E-state index in [0.717, 1.165) is 30.4 Å². The van der Waals surface area contributed by atoms with Crippen LogP contribution in [0.4, 0.5) is 0 Å². The van der Waals surface area contributed by atoms with Gasteiger partial charge in [0, 0.05) is 23.8 Å². The van der Waals surface area contributed by atoms with Crippen LogP contribution in [0.5, 0.6) is 11.6 Å². The first kappa shape index (κ1) is 22.6. The minimum atomic E-state index is -1.14. The van der Waals surface area contributed by atoms with Crippen LogP contribution in [0.25, 0.3) is 0 Å². The number of carbonyl (C=O) groups is 1. The number of pyridine rings is 1. The number of aliphatic hydroxyl groups is 1. The second-order valence-electron chi connectivity index (χ2n) is 7.73. The molecule has 2 aromatic carbocycles. The number of halogens is 2. The SMILES string of the molecule is O=C(O)c1ccnc(Oc2ccc3c(c2)C[C@@H](NC[C@@H](O)c2ccc(Cl)cc2)CC3)c1Cl. The van der Waals surface area contributed by atoms with E-state index in [1.165, 1.54) is 17.8 Å². The third-order valence-corrected chi connectivity index (χ3v) is 6.18. The molecule has 0 amide bonds. The van der Waals surface area contributed by atoms with Crippen LogP contribution in [0.3, 0.4) is 0 Å². The van der Waals surface area contributed by atoms with Gasteiger partial charge in [-0.25, -0.2) is 9.78 Å². The number of hydrogen-bond donors (Lipinski definition) is 3. The maximum atomic E-state index is 11.3. The number of benzene rings is 2. The van der Waals surface area contributed by atoms with Gasteiger partial charge in [-0.05, 0) is 66.3 Å². The number of aromatic nitrogens is 1. The number of aliphatic hydroxyl groups excluding tert-OH is 1. The number of nitrogens with one attached hydrogen (secondary N) is 1. The number of nitrogens with zero attached hydrogens (tertiary/aromatic N) is 1. The summed E-state index contributed by atoms with van der Waals surface area (Å²) in [7, 11) is 0. The first-order valence-electron chi connectivity index (χ1n) is 10.2. The van der Waals surface area contributed by atoms with E-state index in [0.29, 0.717) is 17.3 Å². The zero-order valence-electron chi connectivity index (χ0n) is 17.1. The zero-order valence-corrected chi connectivity index (χ0v) is 18.6. The molecule has 3 aromatic rings. The van der Waals surface area contributed by atoms with Crippen LogP contribution in [-0.2, 0) is 12.8 Å². The smallest absolute Gasteiger partial charge is 0.337 e. The summed E-state index contributed by atoms with van der Waals surface area (Å²) in [5, 5.41) is 23.7. The van der Waals surface area contributed by atoms with Gasteiger partial charge in [-0.15, -0.1) is 0 Å². The number of carboxylic acid groups (broad SMARTS) is 1. The Morgan fingerprint density at radius 1 is 1.16 bits per heavy atom. The number of fused-ring (bicyclic) bond motifs is 1. The summed E-state index contributed by atoms with van der Waals surface area (Å²) in [6.45, 7) is 0.444. The lowest BCUT2D eigenvalue weighted by Gasteiger charge is -2.27. The molecule has 0 saturated heterocycles. The summed E-state index contributed by atoms with van der Waals surface area (Å²) in [5.74, 6) is -0.534. The summed E-state index contributed by atoms with van der Waals surface area (Å²) >= 11 is 12.1. The molecule has 0 bridgehead atoms. The second-order valence-corrected chi connectivity index (χ2v) is 8.55. The van der Waals surface area contributed by atoms with Gasteiger partial charge < -0.3 is 20.3 Å². The van der Waals surface area contributed by atoms with Crippen molar-refractivity contribution >= 4 is 29.2 Å². The lowest BCUT2D eigenvalue weighted by molar-refractivity contribution is 0.0696. The Morgan fingerprint density at radius 2 is 1.94 bits per heavy atom. The molecular weight excluding hydrogens is 451 g/mol. The molecule has 1 aliphatic carbocycles. The molecule has 8 heteroatoms. The van der Waals surface area contributed by atoms with E-state index >= 15 is 0 Å². The van der Waals surface area contributed by atoms with Crippen LogP contribution >= 0.6 is 23.2 Å². The second kappa shape index (κ2) is 9.88. The molecule has 2 atom stereocenters. The van der Waals surface area contributed by atoms with Crippen molar-refractivity contribution < 1.29 is 19.7 Å². The Labute approximate surface area is 195 Å². The van der Waals surface area contributed by atoms with Crippen molar-refractivity contribution in [1.82, 2.24) is 10.3 Å². The van der Waals surface area contributed by atoms with Gasteiger partial charge in [0.2, 0.25) is 5.88 Å². The monoisotopic (exact) mass is 472 g/mol. The molecule has 32 heavy (non-hydrogen) atoms. The van der Waals surface area contributed by atoms with Crippen molar-refractivity contribution in [2.75, 3.05) is 6.54 Å². The highest BCUT2D eigenvalue weighted by Gasteiger charge is 2.21. The fourth-order valence-corrected chi connectivity index (χ4v) is 4.18. The molecule has 1 aromatic heterocycles. The molecule has 3 N–H and O–H groups in total. The van der Waals surface area contributed by atoms with Gasteiger partial charge in [-0.1, -0.05) is 41.4 Å². The highest BCUT2D eigenvalue weighted by Crippen LogP contribution is 2.32. The van der Waals surface area contributed by atoms with Gasteiger partial charge in [0.05, 0.1) is 11.7 Å². The Morgan fingerprint density at radius 3 is 2.69 bits per heavy atom. The van der Waals surface area contributed by atoms with E-state index in [9.17, 15) is 15.0 Å². The van der Waals surface area contributed by atoms with E-state index in [1.54, 1.807) is 12.1 Å². The summed E-state index contributed by atoms with van der Waals surface area (Å²) in [6.07, 6.45) is 3.41. The number of hydrogen-bond acceptors (Lipinski definition) is 5. The Balaban J connectivity index is 1.41. The van der Waals surface area contributed by atoms with Crippen LogP contribution in [0, 0.1) is 0 Å². The average Bonchev–Trinajstić information content (AvgIpc) is 2.79. The average molecular weight is 473 g/mol. The molecule has 166 valence electrons. The van der Waals surface area contributed by atoms with Gasteiger partial charge in [0.25, 0.3) is 0 Å². The predicted octanol–water partition coefficient (Wildman–Crippen LogP) is 5.06. The lowest BCUT2D eigenvalue weighted by atomic mass is 9.88. The van der Waals surface area contributed by atoms with Gasteiger partial charge in [-0.3, -0.25) is 0 Å². The normalized spacial score (nSPS) is 16.3. The van der Waals surface area contributed by atoms with Crippen LogP contribution in [0.1, 0.15) is 39.6 Å². The summed E-state index contributed by atoms with van der Waals surface area (Å²) in [6, 6.07) is 14.5. The third-order valence-electron chi connectivity index (χ3n) is 5.56. The Bertz CT molecular complexity index is 1120. The van der Waals surface area contributed by atoms with Gasteiger partial charge in [-0.2, -0.15) is 0 Å². The van der Waals surface area contributed by atoms with Crippen molar-refractivity contribution in [3.8, 4) is 11.6 Å². The van der Waals surface area contributed by atoms with E-state index < -0.39 is 12.1 Å². The number of ether oxygens (including phenoxy) is 1. The fraction of sp³-hybridized carbons (Fsp3) is 0.250. The molecule has 0 unspecified atom stereocenters. The lowest BCUT2D eigenvalue weighted by Crippen LogP contribution is -2.37. The van der Waals surface area contributed by atoms with Crippen molar-refractivity contribution in [1.29, 1.82) is 0 Å². The van der Waals surface area contributed by atoms with Crippen molar-refractivity contribution in [2.24, 2.45) is 0 Å². The number of carboxylic acids is 1. The Hall–Kier alpha value is -2.64. The zero-order chi connectivity index (χ0) is 22.7. The fourth-order valence-electron chi connectivity index (χ4n) is 3.82. The molecule has 1 heterocycles. The quantitative estimate of drug-likeness (QED) is 0.445. The number of rotatable bonds is 7. The summed E-state index contributed by atoms with van der Waals surface area (Å²) in [5.41, 5.74) is 3.14. The van der Waals surface area contributed by atoms with Crippen molar-refractivity contribution in [2.45, 2.75) is 31.4 Å². The molecule has 1 aliphatic rings. The van der Waals surface area contributed by atoms with Gasteiger partial charge in [0.1, 0.15) is 10.8 Å². The van der Waals surface area contributed by atoms with E-state index in [2.05, 4.69) is 10.3 Å². The van der Waals surface area contributed by atoms with Gasteiger partial charge in [0.15, 0.2) is 0 Å². The van der Waals surface area contributed by atoms with Gasteiger partial charge >= 0.3 is 5.97 Å². The first-order valence-corrected chi connectivity index (χ1v) is 11.0. The highest BCUT2D eigenvalue weighted by molar-refractivity contribution is 6.34. The molecule has 6 nitrogen and oxygen atoms in total. The molecule has 0 radical (unpaired) electrons. The summed E-state index contributed by atoms with van der Waals surface area (Å²) < 4.78 is 5.79. The van der Waals surface area contributed by atoms with Crippen LogP contribution in [0.2, 0.25) is 10.0 Å². The number of aromatic carboxylic acids is 1. The molecule has 0 saturated carbocycles. The summed E-state index contributed by atoms with van der Waals surface area (Å²) in [4.78, 5) is 15.3. The number of aryl methyl sites for hydroxylation is 1. The van der Waals surface area contributed by atoms with Crippen LogP contribution in [0.15, 0.2) is 54.7 Å². The molecular formula is C24H22Cl2N2O4. The predicted molar refractivity (Wildman–Crippen MR) is 123 cm³/mol. The first-order chi connectivity index (χ1) is 15.4. The standard InChI is InChI=1S/C24H22Cl2N2O4/c25-17-5-1-15(2-6-17)21(29)13-28-18-7-3-14-4-8-19(12-16(14)11-18)32-23-22(26)20(24(30)31)9-10-27-23/h1-2,4-6,8-10,12,18,21,28-29H,3,7,11,13H2,(H,30,31)/t18-,21+/m0/s1. The van der Waals surface area contributed by atoms with Crippen LogP contribution in [-0.4, -0.2) is 33.8 Å². The Kier molecular flexibility index (Phi) is 6.96. The minimum Gasteiger partial charge on any atom is -0.478 e. The topological polar surface area (TPSA) is 91.7 Å². The molecule has 0 aliphatic heterocycles. The highest BCUT2D eigenvalue weighted by atomic mass is 35.5. The van der Waals surface area contributed by atoms with Crippen molar-refractivity contribution in [3.05, 3.63) is 87.0 Å². The minimum absolute atomic E-state index is 0.0338. The maximum Gasteiger partial charge on any atom is 0.337 e. The van der Waals surface area contributed by atoms with E-state index in [1.807, 2.05) is 30.3 Å². The van der Waals surface area contributed by atoms with E-state index in [4.69, 9.17) is 27.9 Å². The molecule has 4 rings (SSSR count). The molecule has 0 spiro atoms. The van der Waals surface area contributed by atoms with E-state index in [-0.39, 0.29) is 22.5 Å². The van der Waals surface area contributed by atoms with Crippen molar-refractivity contribution in [3.63, 3.8) is 0 Å². The largest absolute Gasteiger partial charge is 0.478 e.